The van der Waals surface area contributed by atoms with Crippen molar-refractivity contribution in [1.29, 1.82) is 0 Å². The molecular weight excluding hydrogens is 244 g/mol. The molecule has 0 aliphatic carbocycles. The van der Waals surface area contributed by atoms with Gasteiger partial charge in [0, 0.05) is 6.04 Å². The third kappa shape index (κ3) is 4.35. The number of carbonyl (C=O) groups excluding carboxylic acids is 1. The Morgan fingerprint density at radius 2 is 2.11 bits per heavy atom. The van der Waals surface area contributed by atoms with Crippen molar-refractivity contribution >= 4 is 11.9 Å². The Kier molecular flexibility index (Phi) is 5.48. The average molecular weight is 264 g/mol. The van der Waals surface area contributed by atoms with Crippen LogP contribution in [0, 0.1) is 6.92 Å². The number of pyridine rings is 1. The zero-order valence-corrected chi connectivity index (χ0v) is 11.6. The number of nitrogens with zero attached hydrogens (tertiary/aromatic N) is 1. The number of hydrogen-bond acceptors (Lipinski definition) is 3. The normalized spacial score (nSPS) is 11.9. The Bertz CT molecular complexity index is 472. The standard InChI is InChI=1S/C14H20N2O3/c1-4-5-6-9(2)15-13(17)12-8-7-11(14(18)19)10(3)16-12/h7-9H,4-6H2,1-3H3,(H,15,17)(H,18,19). The summed E-state index contributed by atoms with van der Waals surface area (Å²) >= 11 is 0. The lowest BCUT2D eigenvalue weighted by Crippen LogP contribution is -2.33. The maximum absolute atomic E-state index is 11.9. The van der Waals surface area contributed by atoms with Crippen molar-refractivity contribution in [3.8, 4) is 0 Å². The molecule has 1 rings (SSSR count). The zero-order chi connectivity index (χ0) is 14.4. The van der Waals surface area contributed by atoms with Gasteiger partial charge < -0.3 is 10.4 Å². The first-order valence-electron chi connectivity index (χ1n) is 6.47. The molecule has 0 saturated heterocycles. The van der Waals surface area contributed by atoms with Gasteiger partial charge in [-0.15, -0.1) is 0 Å². The van der Waals surface area contributed by atoms with Crippen molar-refractivity contribution in [3.63, 3.8) is 0 Å². The SMILES string of the molecule is CCCCC(C)NC(=O)c1ccc(C(=O)O)c(C)n1. The second-order valence-corrected chi connectivity index (χ2v) is 4.65. The maximum Gasteiger partial charge on any atom is 0.337 e. The van der Waals surface area contributed by atoms with E-state index in [1.54, 1.807) is 6.92 Å². The molecule has 104 valence electrons. The number of rotatable bonds is 6. The fraction of sp³-hybridized carbons (Fsp3) is 0.500. The van der Waals surface area contributed by atoms with Crippen LogP contribution in [0.3, 0.4) is 0 Å². The average Bonchev–Trinajstić information content (AvgIpc) is 2.35. The molecule has 0 aliphatic heterocycles. The Labute approximate surface area is 113 Å². The van der Waals surface area contributed by atoms with E-state index in [-0.39, 0.29) is 23.2 Å². The molecule has 0 aromatic carbocycles. The predicted molar refractivity (Wildman–Crippen MR) is 72.4 cm³/mol. The molecule has 0 saturated carbocycles. The minimum atomic E-state index is -1.03. The summed E-state index contributed by atoms with van der Waals surface area (Å²) < 4.78 is 0. The molecule has 5 nitrogen and oxygen atoms in total. The zero-order valence-electron chi connectivity index (χ0n) is 11.6. The fourth-order valence-corrected chi connectivity index (χ4v) is 1.79. The van der Waals surface area contributed by atoms with Gasteiger partial charge in [0.25, 0.3) is 5.91 Å². The minimum Gasteiger partial charge on any atom is -0.478 e. The van der Waals surface area contributed by atoms with Gasteiger partial charge in [-0.2, -0.15) is 0 Å². The summed E-state index contributed by atoms with van der Waals surface area (Å²) in [5.74, 6) is -1.29. The van der Waals surface area contributed by atoms with Crippen molar-refractivity contribution in [2.75, 3.05) is 0 Å². The van der Waals surface area contributed by atoms with Crippen molar-refractivity contribution in [2.45, 2.75) is 46.1 Å². The van der Waals surface area contributed by atoms with E-state index in [1.807, 2.05) is 6.92 Å². The first-order valence-corrected chi connectivity index (χ1v) is 6.47. The summed E-state index contributed by atoms with van der Waals surface area (Å²) in [6, 6.07) is 2.95. The van der Waals surface area contributed by atoms with Gasteiger partial charge in [-0.1, -0.05) is 19.8 Å². The molecule has 1 aromatic rings. The summed E-state index contributed by atoms with van der Waals surface area (Å²) in [6.07, 6.45) is 3.07. The van der Waals surface area contributed by atoms with Gasteiger partial charge in [-0.05, 0) is 32.4 Å². The molecule has 0 aliphatic rings. The third-order valence-corrected chi connectivity index (χ3v) is 2.92. The number of nitrogens with one attached hydrogen (secondary N) is 1. The molecule has 2 N–H and O–H groups in total. The van der Waals surface area contributed by atoms with E-state index in [0.29, 0.717) is 5.69 Å². The summed E-state index contributed by atoms with van der Waals surface area (Å²) in [5, 5.41) is 11.8. The maximum atomic E-state index is 11.9. The molecule has 1 unspecified atom stereocenters. The monoisotopic (exact) mass is 264 g/mol. The van der Waals surface area contributed by atoms with Crippen LogP contribution in [0.4, 0.5) is 0 Å². The van der Waals surface area contributed by atoms with Gasteiger partial charge in [-0.25, -0.2) is 9.78 Å². The summed E-state index contributed by atoms with van der Waals surface area (Å²) in [4.78, 5) is 26.8. The van der Waals surface area contributed by atoms with Crippen LogP contribution < -0.4 is 5.32 Å². The van der Waals surface area contributed by atoms with Gasteiger partial charge >= 0.3 is 5.97 Å². The second kappa shape index (κ2) is 6.87. The molecule has 0 spiro atoms. The number of hydrogen-bond donors (Lipinski definition) is 2. The highest BCUT2D eigenvalue weighted by Crippen LogP contribution is 2.08. The largest absolute Gasteiger partial charge is 0.478 e. The van der Waals surface area contributed by atoms with E-state index in [2.05, 4.69) is 17.2 Å². The smallest absolute Gasteiger partial charge is 0.337 e. The molecule has 1 amide bonds. The van der Waals surface area contributed by atoms with Crippen LogP contribution in [0.25, 0.3) is 0 Å². The van der Waals surface area contributed by atoms with Crippen LogP contribution in [-0.4, -0.2) is 28.0 Å². The number of carboxylic acid groups (broad SMARTS) is 1. The Morgan fingerprint density at radius 1 is 1.42 bits per heavy atom. The molecule has 0 bridgehead atoms. The van der Waals surface area contributed by atoms with Crippen LogP contribution in [0.1, 0.15) is 59.7 Å². The van der Waals surface area contributed by atoms with E-state index < -0.39 is 5.97 Å². The van der Waals surface area contributed by atoms with Crippen LogP contribution in [0.15, 0.2) is 12.1 Å². The van der Waals surface area contributed by atoms with Crippen molar-refractivity contribution in [2.24, 2.45) is 0 Å². The molecular formula is C14H20N2O3. The molecule has 1 heterocycles. The number of amides is 1. The first kappa shape index (κ1) is 15.1. The summed E-state index contributed by atoms with van der Waals surface area (Å²) in [5.41, 5.74) is 0.725. The Balaban J connectivity index is 2.72. The van der Waals surface area contributed by atoms with Crippen LogP contribution in [-0.2, 0) is 0 Å². The Morgan fingerprint density at radius 3 is 2.63 bits per heavy atom. The van der Waals surface area contributed by atoms with Gasteiger partial charge in [-0.3, -0.25) is 4.79 Å². The number of aryl methyl sites for hydroxylation is 1. The molecule has 5 heteroatoms. The number of unbranched alkanes of at least 4 members (excludes halogenated alkanes) is 1. The second-order valence-electron chi connectivity index (χ2n) is 4.65. The van der Waals surface area contributed by atoms with Gasteiger partial charge in [0.1, 0.15) is 5.69 Å². The van der Waals surface area contributed by atoms with Crippen molar-refractivity contribution < 1.29 is 14.7 Å². The topological polar surface area (TPSA) is 79.3 Å². The molecule has 0 fully saturated rings. The quantitative estimate of drug-likeness (QED) is 0.826. The highest BCUT2D eigenvalue weighted by Gasteiger charge is 2.14. The van der Waals surface area contributed by atoms with E-state index in [1.165, 1.54) is 12.1 Å². The minimum absolute atomic E-state index is 0.0914. The predicted octanol–water partition coefficient (Wildman–Crippen LogP) is 2.40. The first-order chi connectivity index (χ1) is 8.95. The number of carboxylic acids is 1. The summed E-state index contributed by atoms with van der Waals surface area (Å²) in [7, 11) is 0. The van der Waals surface area contributed by atoms with E-state index in [4.69, 9.17) is 5.11 Å². The number of aromatic carboxylic acids is 1. The molecule has 0 radical (unpaired) electrons. The lowest BCUT2D eigenvalue weighted by molar-refractivity contribution is 0.0694. The summed E-state index contributed by atoms with van der Waals surface area (Å²) in [6.45, 7) is 5.64. The lowest BCUT2D eigenvalue weighted by Gasteiger charge is -2.13. The third-order valence-electron chi connectivity index (χ3n) is 2.92. The number of aromatic nitrogens is 1. The highest BCUT2D eigenvalue weighted by atomic mass is 16.4. The molecule has 1 atom stereocenters. The van der Waals surface area contributed by atoms with Crippen LogP contribution in [0.5, 0.6) is 0 Å². The number of carbonyl (C=O) groups is 2. The highest BCUT2D eigenvalue weighted by molar-refractivity contribution is 5.94. The lowest BCUT2D eigenvalue weighted by atomic mass is 10.1. The van der Waals surface area contributed by atoms with Crippen molar-refractivity contribution in [3.05, 3.63) is 29.1 Å². The van der Waals surface area contributed by atoms with Crippen LogP contribution in [0.2, 0.25) is 0 Å². The molecule has 1 aromatic heterocycles. The van der Waals surface area contributed by atoms with Crippen molar-refractivity contribution in [1.82, 2.24) is 10.3 Å². The van der Waals surface area contributed by atoms with E-state index in [0.717, 1.165) is 19.3 Å². The van der Waals surface area contributed by atoms with Gasteiger partial charge in [0.05, 0.1) is 11.3 Å². The van der Waals surface area contributed by atoms with Gasteiger partial charge in [0.2, 0.25) is 0 Å². The van der Waals surface area contributed by atoms with Crippen LogP contribution >= 0.6 is 0 Å². The van der Waals surface area contributed by atoms with Gasteiger partial charge in [0.15, 0.2) is 0 Å². The molecule has 19 heavy (non-hydrogen) atoms. The van der Waals surface area contributed by atoms with E-state index >= 15 is 0 Å². The fourth-order valence-electron chi connectivity index (χ4n) is 1.79. The Hall–Kier alpha value is -1.91. The van der Waals surface area contributed by atoms with E-state index in [9.17, 15) is 9.59 Å².